The van der Waals surface area contributed by atoms with Gasteiger partial charge in [0.1, 0.15) is 23.9 Å². The lowest BCUT2D eigenvalue weighted by Crippen LogP contribution is -2.50. The highest BCUT2D eigenvalue weighted by Gasteiger charge is 2.36. The van der Waals surface area contributed by atoms with E-state index in [1.807, 2.05) is 24.3 Å². The van der Waals surface area contributed by atoms with Gasteiger partial charge in [-0.3, -0.25) is 9.59 Å². The Morgan fingerprint density at radius 3 is 2.61 bits per heavy atom. The van der Waals surface area contributed by atoms with Crippen LogP contribution in [0.4, 0.5) is 4.39 Å². The molecule has 0 bridgehead atoms. The quantitative estimate of drug-likeness (QED) is 0.516. The molecule has 1 aliphatic carbocycles. The lowest BCUT2D eigenvalue weighted by atomic mass is 9.94. The Balaban J connectivity index is 1.48. The van der Waals surface area contributed by atoms with Gasteiger partial charge < -0.3 is 15.0 Å². The van der Waals surface area contributed by atoms with Crippen LogP contribution >= 0.6 is 0 Å². The molecule has 1 aromatic heterocycles. The van der Waals surface area contributed by atoms with Crippen LogP contribution in [0.15, 0.2) is 48.5 Å². The maximum absolute atomic E-state index is 15.1. The molecule has 2 atom stereocenters. The Bertz CT molecular complexity index is 1200. The number of amides is 2. The molecule has 36 heavy (non-hydrogen) atoms. The Morgan fingerprint density at radius 1 is 1.06 bits per heavy atom. The molecule has 1 saturated heterocycles. The molecule has 3 aromatic rings. The smallest absolute Gasteiger partial charge is 0.247 e. The molecule has 2 aliphatic rings. The summed E-state index contributed by atoms with van der Waals surface area (Å²) in [4.78, 5) is 29.1. The molecule has 2 fully saturated rings. The Labute approximate surface area is 209 Å². The van der Waals surface area contributed by atoms with Gasteiger partial charge in [-0.15, -0.1) is 5.10 Å². The molecule has 5 rings (SSSR count). The van der Waals surface area contributed by atoms with Gasteiger partial charge in [0.2, 0.25) is 11.8 Å². The molecule has 2 aromatic carbocycles. The average molecular weight is 494 g/mol. The van der Waals surface area contributed by atoms with Crippen LogP contribution in [0.1, 0.15) is 56.6 Å². The molecule has 190 valence electrons. The van der Waals surface area contributed by atoms with E-state index in [0.717, 1.165) is 50.5 Å². The van der Waals surface area contributed by atoms with Crippen LogP contribution in [0.2, 0.25) is 0 Å². The third kappa shape index (κ3) is 5.41. The van der Waals surface area contributed by atoms with Crippen molar-refractivity contribution in [1.82, 2.24) is 25.2 Å². The van der Waals surface area contributed by atoms with Gasteiger partial charge in [-0.2, -0.15) is 0 Å². The van der Waals surface area contributed by atoms with Crippen molar-refractivity contribution in [3.8, 4) is 0 Å². The number of carbonyl (C=O) groups is 2. The molecule has 2 heterocycles. The van der Waals surface area contributed by atoms with Crippen LogP contribution in [0, 0.1) is 5.82 Å². The van der Waals surface area contributed by atoms with Crippen molar-refractivity contribution in [2.24, 2.45) is 0 Å². The van der Waals surface area contributed by atoms with Gasteiger partial charge in [-0.05, 0) is 43.9 Å². The minimum atomic E-state index is -1.11. The molecule has 2 unspecified atom stereocenters. The van der Waals surface area contributed by atoms with Crippen molar-refractivity contribution in [3.63, 3.8) is 0 Å². The zero-order valence-corrected chi connectivity index (χ0v) is 20.3. The van der Waals surface area contributed by atoms with Gasteiger partial charge in [0.15, 0.2) is 0 Å². The molecular weight excluding hydrogens is 461 g/mol. The number of benzene rings is 2. The van der Waals surface area contributed by atoms with Gasteiger partial charge in [0.25, 0.3) is 0 Å². The fourth-order valence-electron chi connectivity index (χ4n) is 5.29. The van der Waals surface area contributed by atoms with Gasteiger partial charge >= 0.3 is 0 Å². The van der Waals surface area contributed by atoms with Crippen LogP contribution in [0.5, 0.6) is 0 Å². The third-order valence-corrected chi connectivity index (χ3v) is 7.16. The number of halogens is 1. The predicted molar refractivity (Wildman–Crippen MR) is 132 cm³/mol. The van der Waals surface area contributed by atoms with Crippen molar-refractivity contribution in [1.29, 1.82) is 0 Å². The summed E-state index contributed by atoms with van der Waals surface area (Å²) in [7, 11) is 0. The Kier molecular flexibility index (Phi) is 7.55. The average Bonchev–Trinajstić information content (AvgIpc) is 3.55. The standard InChI is InChI=1S/C27H32FN5O3/c28-22-13-5-4-12-21(22)26(27(35)29-19-9-2-1-3-10-19)32(17-20-11-8-16-36-20)25(34)18-33-24-15-7-6-14-23(24)30-31-33/h4-7,12-15,19-20,26H,1-3,8-11,16-18H2,(H,29,35). The fraction of sp³-hybridized carbons (Fsp3) is 0.481. The summed E-state index contributed by atoms with van der Waals surface area (Å²) < 4.78 is 22.5. The fourth-order valence-corrected chi connectivity index (χ4v) is 5.29. The van der Waals surface area contributed by atoms with Gasteiger partial charge in [0.05, 0.1) is 11.6 Å². The molecule has 1 saturated carbocycles. The topological polar surface area (TPSA) is 89.4 Å². The number of fused-ring (bicyclic) bond motifs is 1. The first-order chi connectivity index (χ1) is 17.6. The summed E-state index contributed by atoms with van der Waals surface area (Å²) in [6.07, 6.45) is 6.49. The van der Waals surface area contributed by atoms with Crippen LogP contribution in [0.25, 0.3) is 11.0 Å². The highest BCUT2D eigenvalue weighted by molar-refractivity contribution is 5.89. The zero-order chi connectivity index (χ0) is 24.9. The van der Waals surface area contributed by atoms with E-state index >= 15 is 4.39 Å². The highest BCUT2D eigenvalue weighted by atomic mass is 19.1. The molecule has 2 amide bonds. The molecule has 0 radical (unpaired) electrons. The maximum atomic E-state index is 15.1. The summed E-state index contributed by atoms with van der Waals surface area (Å²) >= 11 is 0. The number of para-hydroxylation sites is 1. The first-order valence-corrected chi connectivity index (χ1v) is 12.8. The van der Waals surface area contributed by atoms with E-state index < -0.39 is 11.9 Å². The Hall–Kier alpha value is -3.33. The van der Waals surface area contributed by atoms with Crippen LogP contribution < -0.4 is 5.32 Å². The van der Waals surface area contributed by atoms with Crippen molar-refractivity contribution >= 4 is 22.8 Å². The van der Waals surface area contributed by atoms with E-state index in [-0.39, 0.29) is 42.6 Å². The van der Waals surface area contributed by atoms with Crippen LogP contribution in [-0.2, 0) is 20.9 Å². The molecule has 1 aliphatic heterocycles. The SMILES string of the molecule is O=C(NC1CCCCC1)C(c1ccccc1F)N(CC1CCCO1)C(=O)Cn1nnc2ccccc21. The number of nitrogens with zero attached hydrogens (tertiary/aromatic N) is 4. The van der Waals surface area contributed by atoms with Gasteiger partial charge in [-0.1, -0.05) is 54.8 Å². The molecular formula is C27H32FN5O3. The molecule has 0 spiro atoms. The zero-order valence-electron chi connectivity index (χ0n) is 20.3. The van der Waals surface area contributed by atoms with E-state index in [4.69, 9.17) is 4.74 Å². The number of aromatic nitrogens is 3. The summed E-state index contributed by atoms with van der Waals surface area (Å²) in [5.74, 6) is -1.22. The predicted octanol–water partition coefficient (Wildman–Crippen LogP) is 3.77. The highest BCUT2D eigenvalue weighted by Crippen LogP contribution is 2.28. The summed E-state index contributed by atoms with van der Waals surface area (Å²) in [6, 6.07) is 12.5. The van der Waals surface area contributed by atoms with Crippen molar-refractivity contribution in [2.75, 3.05) is 13.2 Å². The number of ether oxygens (including phenoxy) is 1. The van der Waals surface area contributed by atoms with Crippen LogP contribution in [-0.4, -0.2) is 57.0 Å². The van der Waals surface area contributed by atoms with E-state index in [1.165, 1.54) is 15.6 Å². The lowest BCUT2D eigenvalue weighted by Gasteiger charge is -2.34. The number of hydrogen-bond donors (Lipinski definition) is 1. The number of rotatable bonds is 8. The largest absolute Gasteiger partial charge is 0.376 e. The third-order valence-electron chi connectivity index (χ3n) is 7.16. The van der Waals surface area contributed by atoms with Crippen LogP contribution in [0.3, 0.4) is 0 Å². The first-order valence-electron chi connectivity index (χ1n) is 12.8. The second-order valence-corrected chi connectivity index (χ2v) is 9.68. The Morgan fingerprint density at radius 2 is 1.83 bits per heavy atom. The number of hydrogen-bond acceptors (Lipinski definition) is 5. The van der Waals surface area contributed by atoms with E-state index in [2.05, 4.69) is 15.6 Å². The van der Waals surface area contributed by atoms with Crippen molar-refractivity contribution in [3.05, 3.63) is 59.9 Å². The van der Waals surface area contributed by atoms with E-state index in [0.29, 0.717) is 12.1 Å². The monoisotopic (exact) mass is 493 g/mol. The molecule has 9 heteroatoms. The summed E-state index contributed by atoms with van der Waals surface area (Å²) in [5.41, 5.74) is 1.58. The minimum absolute atomic E-state index is 0.0273. The normalized spacial score (nSPS) is 19.3. The van der Waals surface area contributed by atoms with E-state index in [1.54, 1.807) is 18.2 Å². The molecule has 8 nitrogen and oxygen atoms in total. The van der Waals surface area contributed by atoms with E-state index in [9.17, 15) is 9.59 Å². The lowest BCUT2D eigenvalue weighted by molar-refractivity contribution is -0.143. The summed E-state index contributed by atoms with van der Waals surface area (Å²) in [6.45, 7) is 0.691. The van der Waals surface area contributed by atoms with Crippen molar-refractivity contribution in [2.45, 2.75) is 69.7 Å². The molecule has 1 N–H and O–H groups in total. The minimum Gasteiger partial charge on any atom is -0.376 e. The van der Waals surface area contributed by atoms with Gasteiger partial charge in [-0.25, -0.2) is 9.07 Å². The second kappa shape index (κ2) is 11.2. The maximum Gasteiger partial charge on any atom is 0.247 e. The van der Waals surface area contributed by atoms with Crippen molar-refractivity contribution < 1.29 is 18.7 Å². The number of carbonyl (C=O) groups excluding carboxylic acids is 2. The second-order valence-electron chi connectivity index (χ2n) is 9.68. The summed E-state index contributed by atoms with van der Waals surface area (Å²) in [5, 5.41) is 11.4. The van der Waals surface area contributed by atoms with Gasteiger partial charge in [0, 0.05) is 24.8 Å². The first kappa shape index (κ1) is 24.4. The number of nitrogens with one attached hydrogen (secondary N) is 1.